The highest BCUT2D eigenvalue weighted by Gasteiger charge is 2.22. The third-order valence-corrected chi connectivity index (χ3v) is 4.30. The summed E-state index contributed by atoms with van der Waals surface area (Å²) in [5.41, 5.74) is 1.40. The monoisotopic (exact) mass is 300 g/mol. The number of furan rings is 1. The van der Waals surface area contributed by atoms with Gasteiger partial charge in [-0.15, -0.1) is 0 Å². The van der Waals surface area contributed by atoms with Crippen LogP contribution in [-0.4, -0.2) is 42.2 Å². The number of hydrogen-bond donors (Lipinski definition) is 2. The molecule has 1 aromatic heterocycles. The summed E-state index contributed by atoms with van der Waals surface area (Å²) in [7, 11) is 0. The Labute approximate surface area is 131 Å². The predicted octanol–water partition coefficient (Wildman–Crippen LogP) is 2.22. The van der Waals surface area contributed by atoms with Crippen molar-refractivity contribution in [3.8, 4) is 0 Å². The van der Waals surface area contributed by atoms with Crippen LogP contribution in [0.2, 0.25) is 0 Å². The molecule has 1 aliphatic heterocycles. The van der Waals surface area contributed by atoms with E-state index in [-0.39, 0.29) is 0 Å². The van der Waals surface area contributed by atoms with E-state index in [9.17, 15) is 5.11 Å². The SMILES string of the molecule is OC(CNC1CCN(CCc2ccccc2)C1)c1ccco1. The predicted molar refractivity (Wildman–Crippen MR) is 86.7 cm³/mol. The van der Waals surface area contributed by atoms with Crippen molar-refractivity contribution in [1.29, 1.82) is 0 Å². The molecule has 1 aliphatic rings. The van der Waals surface area contributed by atoms with Crippen molar-refractivity contribution in [2.75, 3.05) is 26.2 Å². The van der Waals surface area contributed by atoms with Crippen LogP contribution in [0.15, 0.2) is 53.1 Å². The van der Waals surface area contributed by atoms with E-state index in [1.54, 1.807) is 12.3 Å². The first-order chi connectivity index (χ1) is 10.8. The molecule has 0 saturated carbocycles. The molecule has 2 unspecified atom stereocenters. The van der Waals surface area contributed by atoms with Crippen LogP contribution in [0.4, 0.5) is 0 Å². The minimum absolute atomic E-state index is 0.459. The average Bonchev–Trinajstić information content (AvgIpc) is 3.23. The van der Waals surface area contributed by atoms with E-state index in [1.807, 2.05) is 6.07 Å². The highest BCUT2D eigenvalue weighted by molar-refractivity contribution is 5.15. The lowest BCUT2D eigenvalue weighted by atomic mass is 10.1. The first-order valence-corrected chi connectivity index (χ1v) is 8.02. The Kier molecular flexibility index (Phi) is 5.27. The van der Waals surface area contributed by atoms with Crippen molar-refractivity contribution < 1.29 is 9.52 Å². The van der Waals surface area contributed by atoms with Gasteiger partial charge in [0.2, 0.25) is 0 Å². The zero-order valence-electron chi connectivity index (χ0n) is 12.8. The van der Waals surface area contributed by atoms with Crippen LogP contribution in [0.1, 0.15) is 23.8 Å². The molecule has 3 rings (SSSR count). The number of aliphatic hydroxyl groups excluding tert-OH is 1. The molecule has 0 amide bonds. The van der Waals surface area contributed by atoms with E-state index in [2.05, 4.69) is 40.5 Å². The van der Waals surface area contributed by atoms with Crippen molar-refractivity contribution in [2.24, 2.45) is 0 Å². The number of nitrogens with zero attached hydrogens (tertiary/aromatic N) is 1. The van der Waals surface area contributed by atoms with Crippen molar-refractivity contribution in [3.05, 3.63) is 60.1 Å². The van der Waals surface area contributed by atoms with E-state index in [0.29, 0.717) is 18.3 Å². The number of hydrogen-bond acceptors (Lipinski definition) is 4. The second-order valence-corrected chi connectivity index (χ2v) is 5.96. The lowest BCUT2D eigenvalue weighted by Gasteiger charge is -2.17. The van der Waals surface area contributed by atoms with Crippen molar-refractivity contribution in [3.63, 3.8) is 0 Å². The molecule has 0 aliphatic carbocycles. The molecule has 118 valence electrons. The fourth-order valence-corrected chi connectivity index (χ4v) is 2.99. The smallest absolute Gasteiger partial charge is 0.133 e. The van der Waals surface area contributed by atoms with Gasteiger partial charge < -0.3 is 19.7 Å². The summed E-state index contributed by atoms with van der Waals surface area (Å²) in [6.45, 7) is 3.83. The molecule has 2 N–H and O–H groups in total. The fourth-order valence-electron chi connectivity index (χ4n) is 2.99. The van der Waals surface area contributed by atoms with E-state index in [4.69, 9.17) is 4.42 Å². The number of aliphatic hydroxyl groups is 1. The van der Waals surface area contributed by atoms with Crippen LogP contribution in [0.5, 0.6) is 0 Å². The van der Waals surface area contributed by atoms with Gasteiger partial charge in [0.1, 0.15) is 11.9 Å². The van der Waals surface area contributed by atoms with Crippen LogP contribution in [0.3, 0.4) is 0 Å². The molecule has 0 bridgehead atoms. The maximum Gasteiger partial charge on any atom is 0.133 e. The molecular weight excluding hydrogens is 276 g/mol. The second-order valence-electron chi connectivity index (χ2n) is 5.96. The quantitative estimate of drug-likeness (QED) is 0.823. The Morgan fingerprint density at radius 1 is 1.23 bits per heavy atom. The molecule has 2 atom stereocenters. The van der Waals surface area contributed by atoms with E-state index >= 15 is 0 Å². The number of nitrogens with one attached hydrogen (secondary N) is 1. The van der Waals surface area contributed by atoms with Gasteiger partial charge in [0.25, 0.3) is 0 Å². The molecule has 4 heteroatoms. The number of rotatable bonds is 7. The van der Waals surface area contributed by atoms with Crippen molar-refractivity contribution >= 4 is 0 Å². The summed E-state index contributed by atoms with van der Waals surface area (Å²) in [4.78, 5) is 2.49. The topological polar surface area (TPSA) is 48.6 Å². The van der Waals surface area contributed by atoms with Gasteiger partial charge in [-0.2, -0.15) is 0 Å². The summed E-state index contributed by atoms with van der Waals surface area (Å²) in [6.07, 6.45) is 3.27. The van der Waals surface area contributed by atoms with Gasteiger partial charge in [0.15, 0.2) is 0 Å². The highest BCUT2D eigenvalue weighted by Crippen LogP contribution is 2.14. The maximum absolute atomic E-state index is 10.0. The van der Waals surface area contributed by atoms with E-state index in [1.165, 1.54) is 5.56 Å². The second kappa shape index (κ2) is 7.58. The first-order valence-electron chi connectivity index (χ1n) is 8.02. The lowest BCUT2D eigenvalue weighted by Crippen LogP contribution is -2.35. The summed E-state index contributed by atoms with van der Waals surface area (Å²) in [5, 5.41) is 13.5. The van der Waals surface area contributed by atoms with Gasteiger partial charge in [-0.05, 0) is 37.1 Å². The van der Waals surface area contributed by atoms with Gasteiger partial charge in [-0.25, -0.2) is 0 Å². The Morgan fingerprint density at radius 2 is 2.09 bits per heavy atom. The zero-order chi connectivity index (χ0) is 15.2. The molecule has 1 fully saturated rings. The summed E-state index contributed by atoms with van der Waals surface area (Å²) in [5.74, 6) is 0.631. The minimum Gasteiger partial charge on any atom is -0.467 e. The average molecular weight is 300 g/mol. The summed E-state index contributed by atoms with van der Waals surface area (Å²) >= 11 is 0. The van der Waals surface area contributed by atoms with Crippen LogP contribution in [-0.2, 0) is 6.42 Å². The van der Waals surface area contributed by atoms with Crippen LogP contribution in [0.25, 0.3) is 0 Å². The molecule has 2 heterocycles. The molecule has 22 heavy (non-hydrogen) atoms. The molecule has 0 spiro atoms. The maximum atomic E-state index is 10.0. The Morgan fingerprint density at radius 3 is 2.86 bits per heavy atom. The third-order valence-electron chi connectivity index (χ3n) is 4.30. The normalized spacial score (nSPS) is 20.3. The Balaban J connectivity index is 1.37. The largest absolute Gasteiger partial charge is 0.467 e. The minimum atomic E-state index is -0.562. The van der Waals surface area contributed by atoms with Gasteiger partial charge in [-0.3, -0.25) is 0 Å². The van der Waals surface area contributed by atoms with Crippen LogP contribution >= 0.6 is 0 Å². The van der Waals surface area contributed by atoms with E-state index in [0.717, 1.165) is 32.5 Å². The molecule has 1 saturated heterocycles. The molecule has 1 aromatic carbocycles. The third kappa shape index (κ3) is 4.19. The summed E-state index contributed by atoms with van der Waals surface area (Å²) in [6, 6.07) is 14.7. The Hall–Kier alpha value is -1.62. The zero-order valence-corrected chi connectivity index (χ0v) is 12.8. The number of likely N-dealkylation sites (tertiary alicyclic amines) is 1. The first kappa shape index (κ1) is 15.3. The lowest BCUT2D eigenvalue weighted by molar-refractivity contribution is 0.143. The van der Waals surface area contributed by atoms with Gasteiger partial charge in [0, 0.05) is 25.7 Å². The Bertz CT molecular complexity index is 541. The van der Waals surface area contributed by atoms with Crippen LogP contribution < -0.4 is 5.32 Å². The summed E-state index contributed by atoms with van der Waals surface area (Å²) < 4.78 is 5.22. The van der Waals surface area contributed by atoms with E-state index < -0.39 is 6.10 Å². The molecular formula is C18H24N2O2. The van der Waals surface area contributed by atoms with Gasteiger partial charge >= 0.3 is 0 Å². The van der Waals surface area contributed by atoms with Crippen molar-refractivity contribution in [1.82, 2.24) is 10.2 Å². The standard InChI is InChI=1S/C18H24N2O2/c21-17(18-7-4-12-22-18)13-19-16-9-11-20(14-16)10-8-15-5-2-1-3-6-15/h1-7,12,16-17,19,21H,8-11,13-14H2. The number of benzene rings is 1. The highest BCUT2D eigenvalue weighted by atomic mass is 16.4. The molecule has 4 nitrogen and oxygen atoms in total. The molecule has 0 radical (unpaired) electrons. The van der Waals surface area contributed by atoms with Crippen LogP contribution in [0, 0.1) is 0 Å². The van der Waals surface area contributed by atoms with Gasteiger partial charge in [-0.1, -0.05) is 30.3 Å². The van der Waals surface area contributed by atoms with Gasteiger partial charge in [0.05, 0.1) is 6.26 Å². The fraction of sp³-hybridized carbons (Fsp3) is 0.444. The molecule has 2 aromatic rings. The van der Waals surface area contributed by atoms with Crippen molar-refractivity contribution in [2.45, 2.75) is 25.0 Å².